The molecule has 2 atom stereocenters. The van der Waals surface area contributed by atoms with E-state index in [2.05, 4.69) is 30.6 Å². The molecule has 17 heteroatoms. The zero-order valence-corrected chi connectivity index (χ0v) is 19.4. The van der Waals surface area contributed by atoms with Crippen LogP contribution < -0.4 is 10.2 Å². The van der Waals surface area contributed by atoms with Crippen molar-refractivity contribution in [3.63, 3.8) is 0 Å². The molecule has 0 aliphatic carbocycles. The topological polar surface area (TPSA) is 126 Å². The van der Waals surface area contributed by atoms with Crippen LogP contribution in [-0.2, 0) is 5.41 Å². The van der Waals surface area contributed by atoms with Crippen LogP contribution in [0.25, 0.3) is 11.5 Å². The Hall–Kier alpha value is -4.28. The molecule has 0 radical (unpaired) electrons. The predicted molar refractivity (Wildman–Crippen MR) is 117 cm³/mol. The van der Waals surface area contributed by atoms with E-state index >= 15 is 0 Å². The van der Waals surface area contributed by atoms with Gasteiger partial charge in [0.1, 0.15) is 11.1 Å². The van der Waals surface area contributed by atoms with Gasteiger partial charge in [0.05, 0.1) is 47.3 Å². The first-order valence-corrected chi connectivity index (χ1v) is 10.9. The number of pyridine rings is 1. The number of amides is 2. The van der Waals surface area contributed by atoms with Crippen molar-refractivity contribution in [2.24, 2.45) is 0 Å². The van der Waals surface area contributed by atoms with Crippen molar-refractivity contribution in [1.29, 1.82) is 0 Å². The molecule has 1 aliphatic rings. The quantitative estimate of drug-likeness (QED) is 0.377. The van der Waals surface area contributed by atoms with Gasteiger partial charge in [0, 0.05) is 12.6 Å². The maximum absolute atomic E-state index is 14.2. The molecule has 11 nitrogen and oxygen atoms in total. The van der Waals surface area contributed by atoms with E-state index in [1.54, 1.807) is 0 Å². The second-order valence-corrected chi connectivity index (χ2v) is 8.75. The van der Waals surface area contributed by atoms with E-state index in [9.17, 15) is 36.2 Å². The molecule has 0 spiro atoms. The molecule has 5 rings (SSSR count). The summed E-state index contributed by atoms with van der Waals surface area (Å²) in [5.74, 6) is -1.44. The molecule has 0 saturated carbocycles. The first-order valence-electron chi connectivity index (χ1n) is 10.9. The number of nitrogens with one attached hydrogen (secondary N) is 1. The molecular formula is C21H17F6N9O2. The number of alkyl halides is 5. The normalized spacial score (nSPS) is 18.3. The first-order chi connectivity index (χ1) is 17.8. The van der Waals surface area contributed by atoms with Crippen LogP contribution in [0.3, 0.4) is 0 Å². The Morgan fingerprint density at radius 1 is 1.16 bits per heavy atom. The summed E-state index contributed by atoms with van der Waals surface area (Å²) in [6, 6.07) is 0.620. The lowest BCUT2D eigenvalue weighted by Gasteiger charge is -2.28. The van der Waals surface area contributed by atoms with E-state index in [0.717, 1.165) is 47.3 Å². The van der Waals surface area contributed by atoms with E-state index in [0.29, 0.717) is 4.52 Å². The molecule has 0 saturated heterocycles. The average molecular weight is 541 g/mol. The number of fused-ring (bicyclic) bond motifs is 3. The molecule has 0 bridgehead atoms. The van der Waals surface area contributed by atoms with Crippen LogP contribution in [0.2, 0.25) is 0 Å². The van der Waals surface area contributed by atoms with Gasteiger partial charge in [-0.2, -0.15) is 22.7 Å². The largest absolute Gasteiger partial charge is 0.401 e. The number of aliphatic hydroxyl groups excluding tert-OH is 1. The van der Waals surface area contributed by atoms with Gasteiger partial charge >= 0.3 is 12.2 Å². The van der Waals surface area contributed by atoms with Gasteiger partial charge in [-0.25, -0.2) is 28.1 Å². The van der Waals surface area contributed by atoms with Crippen LogP contribution in [0.4, 0.5) is 42.5 Å². The fraction of sp³-hybridized carbons (Fsp3) is 0.333. The summed E-state index contributed by atoms with van der Waals surface area (Å²) in [7, 11) is 0. The van der Waals surface area contributed by atoms with Crippen LogP contribution >= 0.6 is 0 Å². The van der Waals surface area contributed by atoms with Crippen LogP contribution in [0, 0.1) is 5.95 Å². The minimum Gasteiger partial charge on any atom is -0.387 e. The molecule has 200 valence electrons. The van der Waals surface area contributed by atoms with Gasteiger partial charge in [0.15, 0.2) is 11.5 Å². The van der Waals surface area contributed by atoms with Gasteiger partial charge in [-0.3, -0.25) is 4.90 Å². The highest BCUT2D eigenvalue weighted by Crippen LogP contribution is 2.49. The number of halogens is 6. The van der Waals surface area contributed by atoms with Gasteiger partial charge in [0.25, 0.3) is 6.43 Å². The Morgan fingerprint density at radius 2 is 1.89 bits per heavy atom. The fourth-order valence-corrected chi connectivity index (χ4v) is 4.12. The number of urea groups is 1. The van der Waals surface area contributed by atoms with E-state index in [4.69, 9.17) is 0 Å². The predicted octanol–water partition coefficient (Wildman–Crippen LogP) is 3.71. The van der Waals surface area contributed by atoms with Gasteiger partial charge in [-0.1, -0.05) is 0 Å². The number of nitrogens with zero attached hydrogens (tertiary/aromatic N) is 8. The third-order valence-corrected chi connectivity index (χ3v) is 6.10. The molecule has 38 heavy (non-hydrogen) atoms. The zero-order chi connectivity index (χ0) is 27.6. The lowest BCUT2D eigenvalue weighted by Crippen LogP contribution is -2.46. The minimum atomic E-state index is -4.87. The Bertz CT molecular complexity index is 1550. The number of carbonyl (C=O) groups is 1. The molecule has 5 heterocycles. The van der Waals surface area contributed by atoms with E-state index in [1.807, 2.05) is 0 Å². The van der Waals surface area contributed by atoms with Crippen molar-refractivity contribution in [2.45, 2.75) is 38.0 Å². The molecule has 1 aliphatic heterocycles. The SMILES string of the molecule is CC(O)c1cnn(-c2ncc(NC(=O)N3C[C@@](C)(C(F)(F)F)c4c3cnc3cc(F)nn43)cc2C(F)F)n1. The molecule has 2 N–H and O–H groups in total. The molecule has 4 aromatic heterocycles. The summed E-state index contributed by atoms with van der Waals surface area (Å²) < 4.78 is 84.6. The second kappa shape index (κ2) is 8.64. The highest BCUT2D eigenvalue weighted by atomic mass is 19.4. The molecular weight excluding hydrogens is 524 g/mol. The Balaban J connectivity index is 1.50. The highest BCUT2D eigenvalue weighted by Gasteiger charge is 2.60. The molecule has 2 amide bonds. The molecule has 1 unspecified atom stereocenters. The third-order valence-electron chi connectivity index (χ3n) is 6.10. The van der Waals surface area contributed by atoms with Crippen LogP contribution in [0.1, 0.15) is 43.3 Å². The van der Waals surface area contributed by atoms with Crippen molar-refractivity contribution in [2.75, 3.05) is 16.8 Å². The third kappa shape index (κ3) is 3.98. The van der Waals surface area contributed by atoms with Crippen molar-refractivity contribution in [3.05, 3.63) is 53.6 Å². The highest BCUT2D eigenvalue weighted by molar-refractivity contribution is 6.03. The number of hydrogen-bond donors (Lipinski definition) is 2. The fourth-order valence-electron chi connectivity index (χ4n) is 4.12. The molecule has 4 aromatic rings. The second-order valence-electron chi connectivity index (χ2n) is 8.75. The maximum Gasteiger partial charge on any atom is 0.401 e. The monoisotopic (exact) mass is 541 g/mol. The van der Waals surface area contributed by atoms with E-state index < -0.39 is 53.9 Å². The summed E-state index contributed by atoms with van der Waals surface area (Å²) in [6.45, 7) is 1.33. The van der Waals surface area contributed by atoms with Crippen molar-refractivity contribution < 1.29 is 36.2 Å². The van der Waals surface area contributed by atoms with E-state index in [1.165, 1.54) is 6.92 Å². The van der Waals surface area contributed by atoms with Crippen molar-refractivity contribution >= 4 is 23.1 Å². The number of hydrogen-bond acceptors (Lipinski definition) is 7. The Labute approximate surface area is 208 Å². The number of aliphatic hydroxyl groups is 1. The number of carbonyl (C=O) groups excluding carboxylic acids is 1. The minimum absolute atomic E-state index is 0.101. The average Bonchev–Trinajstić information content (AvgIpc) is 3.54. The summed E-state index contributed by atoms with van der Waals surface area (Å²) in [4.78, 5) is 22.3. The number of rotatable bonds is 4. The summed E-state index contributed by atoms with van der Waals surface area (Å²) in [5, 5.41) is 23.0. The van der Waals surface area contributed by atoms with Crippen molar-refractivity contribution in [1.82, 2.24) is 34.6 Å². The summed E-state index contributed by atoms with van der Waals surface area (Å²) in [6.07, 6.45) is -5.84. The lowest BCUT2D eigenvalue weighted by atomic mass is 9.88. The number of anilines is 2. The molecule has 0 aromatic carbocycles. The Kier molecular flexibility index (Phi) is 5.77. The lowest BCUT2D eigenvalue weighted by molar-refractivity contribution is -0.181. The van der Waals surface area contributed by atoms with Gasteiger partial charge in [-0.05, 0) is 19.9 Å². The zero-order valence-electron chi connectivity index (χ0n) is 19.4. The summed E-state index contributed by atoms with van der Waals surface area (Å²) >= 11 is 0. The van der Waals surface area contributed by atoms with Crippen molar-refractivity contribution in [3.8, 4) is 5.82 Å². The Morgan fingerprint density at radius 3 is 2.53 bits per heavy atom. The number of aromatic nitrogens is 7. The van der Waals surface area contributed by atoms with Crippen LogP contribution in [-0.4, -0.2) is 58.4 Å². The van der Waals surface area contributed by atoms with Crippen LogP contribution in [0.15, 0.2) is 30.7 Å². The molecule has 0 fully saturated rings. The smallest absolute Gasteiger partial charge is 0.387 e. The van der Waals surface area contributed by atoms with Crippen LogP contribution in [0.5, 0.6) is 0 Å². The van der Waals surface area contributed by atoms with Gasteiger partial charge in [0.2, 0.25) is 5.95 Å². The first kappa shape index (κ1) is 25.4. The van der Waals surface area contributed by atoms with E-state index in [-0.39, 0.29) is 28.5 Å². The maximum atomic E-state index is 14.2. The standard InChI is InChI=1S/C21H17F6N9O2/c1-9(37)12-6-30-36(32-12)18-11(17(23)24)3-10(5-29-18)31-19(38)34-8-20(2,21(25,26)27)16-13(34)7-28-15-4-14(22)33-35(15)16/h3-7,9,17,37H,8H2,1-2H3,(H,31,38)/t9?,20-/m1/s1. The van der Waals surface area contributed by atoms with Gasteiger partial charge in [-0.15, -0.1) is 15.0 Å². The summed E-state index contributed by atoms with van der Waals surface area (Å²) in [5.41, 5.74) is -4.47. The van der Waals surface area contributed by atoms with Gasteiger partial charge < -0.3 is 10.4 Å².